The zero-order chi connectivity index (χ0) is 16.3. The Labute approximate surface area is 138 Å². The van der Waals surface area contributed by atoms with Gasteiger partial charge in [0.05, 0.1) is 6.54 Å². The summed E-state index contributed by atoms with van der Waals surface area (Å²) in [5.41, 5.74) is 5.40. The number of nitrogens with zero attached hydrogens (tertiary/aromatic N) is 1. The molecule has 0 saturated heterocycles. The van der Waals surface area contributed by atoms with Gasteiger partial charge < -0.3 is 16.0 Å². The van der Waals surface area contributed by atoms with E-state index in [4.69, 9.17) is 5.73 Å². The summed E-state index contributed by atoms with van der Waals surface area (Å²) in [6.45, 7) is 7.32. The van der Waals surface area contributed by atoms with Gasteiger partial charge >= 0.3 is 0 Å². The first kappa shape index (κ1) is 20.4. The third-order valence-electron chi connectivity index (χ3n) is 3.06. The molecule has 1 rings (SSSR count). The number of rotatable bonds is 4. The number of hydrogen-bond acceptors (Lipinski definition) is 3. The number of carbonyl (C=O) groups excluding carboxylic acids is 2. The quantitative estimate of drug-likeness (QED) is 0.883. The highest BCUT2D eigenvalue weighted by Gasteiger charge is 2.33. The molecule has 6 heteroatoms. The maximum absolute atomic E-state index is 12.5. The summed E-state index contributed by atoms with van der Waals surface area (Å²) in [6.07, 6.45) is 0. The molecule has 0 bridgehead atoms. The molecule has 0 aromatic heterocycles. The van der Waals surface area contributed by atoms with Crippen LogP contribution in [0.4, 0.5) is 0 Å². The minimum atomic E-state index is -1.15. The first-order valence-corrected chi connectivity index (χ1v) is 6.95. The molecule has 22 heavy (non-hydrogen) atoms. The standard InChI is InChI=1S/C16H25N3O2.ClH/c1-15(2,3)18-13(20)11-19(5)14(21)16(4,17)12-9-7-6-8-10-12;/h6-10H,11,17H2,1-5H3,(H,18,20);1H. The van der Waals surface area contributed by atoms with E-state index in [1.807, 2.05) is 39.0 Å². The van der Waals surface area contributed by atoms with Gasteiger partial charge in [0.15, 0.2) is 0 Å². The van der Waals surface area contributed by atoms with Gasteiger partial charge in [-0.05, 0) is 33.3 Å². The normalized spacial score (nSPS) is 13.5. The second-order valence-corrected chi connectivity index (χ2v) is 6.53. The van der Waals surface area contributed by atoms with Gasteiger partial charge in [-0.2, -0.15) is 0 Å². The molecule has 0 spiro atoms. The molecular formula is C16H26ClN3O2. The molecule has 0 saturated carbocycles. The largest absolute Gasteiger partial charge is 0.350 e. The van der Waals surface area contributed by atoms with Crippen molar-refractivity contribution in [3.63, 3.8) is 0 Å². The van der Waals surface area contributed by atoms with Crippen LogP contribution in [0, 0.1) is 0 Å². The van der Waals surface area contributed by atoms with Crippen LogP contribution in [-0.4, -0.2) is 35.8 Å². The predicted octanol–water partition coefficient (Wildman–Crippen LogP) is 1.66. The summed E-state index contributed by atoms with van der Waals surface area (Å²) in [5, 5.41) is 2.82. The SMILES string of the molecule is CN(CC(=O)NC(C)(C)C)C(=O)C(C)(N)c1ccccc1.Cl. The first-order valence-electron chi connectivity index (χ1n) is 6.95. The van der Waals surface area contributed by atoms with Gasteiger partial charge in [0.2, 0.25) is 11.8 Å². The Morgan fingerprint density at radius 1 is 1.14 bits per heavy atom. The third-order valence-corrected chi connectivity index (χ3v) is 3.06. The van der Waals surface area contributed by atoms with Crippen LogP contribution in [0.15, 0.2) is 30.3 Å². The van der Waals surface area contributed by atoms with E-state index in [0.717, 1.165) is 5.56 Å². The van der Waals surface area contributed by atoms with E-state index in [9.17, 15) is 9.59 Å². The van der Waals surface area contributed by atoms with Gasteiger partial charge in [-0.25, -0.2) is 0 Å². The topological polar surface area (TPSA) is 75.4 Å². The predicted molar refractivity (Wildman–Crippen MR) is 90.8 cm³/mol. The zero-order valence-corrected chi connectivity index (χ0v) is 14.7. The molecule has 3 N–H and O–H groups in total. The summed E-state index contributed by atoms with van der Waals surface area (Å²) < 4.78 is 0. The minimum absolute atomic E-state index is 0. The van der Waals surface area contributed by atoms with E-state index < -0.39 is 5.54 Å². The molecule has 1 unspecified atom stereocenters. The maximum Gasteiger partial charge on any atom is 0.247 e. The summed E-state index contributed by atoms with van der Waals surface area (Å²) in [4.78, 5) is 25.7. The Hall–Kier alpha value is -1.59. The fraction of sp³-hybridized carbons (Fsp3) is 0.500. The first-order chi connectivity index (χ1) is 9.54. The molecule has 1 aromatic carbocycles. The van der Waals surface area contributed by atoms with E-state index in [-0.39, 0.29) is 36.3 Å². The van der Waals surface area contributed by atoms with Crippen molar-refractivity contribution in [2.45, 2.75) is 38.8 Å². The van der Waals surface area contributed by atoms with E-state index in [2.05, 4.69) is 5.32 Å². The Bertz CT molecular complexity index is 510. The fourth-order valence-corrected chi connectivity index (χ4v) is 2.05. The van der Waals surface area contributed by atoms with Crippen LogP contribution in [0.1, 0.15) is 33.3 Å². The fourth-order valence-electron chi connectivity index (χ4n) is 2.05. The molecule has 2 amide bonds. The van der Waals surface area contributed by atoms with Crippen molar-refractivity contribution < 1.29 is 9.59 Å². The molecular weight excluding hydrogens is 302 g/mol. The lowest BCUT2D eigenvalue weighted by molar-refractivity contribution is -0.139. The molecule has 0 radical (unpaired) electrons. The van der Waals surface area contributed by atoms with E-state index in [1.54, 1.807) is 26.1 Å². The molecule has 0 fully saturated rings. The van der Waals surface area contributed by atoms with Gasteiger partial charge in [-0.15, -0.1) is 12.4 Å². The van der Waals surface area contributed by atoms with Gasteiger partial charge in [0, 0.05) is 12.6 Å². The molecule has 1 atom stereocenters. The molecule has 0 aliphatic carbocycles. The summed E-state index contributed by atoms with van der Waals surface area (Å²) in [7, 11) is 1.58. The Morgan fingerprint density at radius 2 is 1.64 bits per heavy atom. The number of benzene rings is 1. The number of likely N-dealkylation sites (N-methyl/N-ethyl adjacent to an activating group) is 1. The van der Waals surface area contributed by atoms with Crippen molar-refractivity contribution in [3.8, 4) is 0 Å². The smallest absolute Gasteiger partial charge is 0.247 e. The number of halogens is 1. The van der Waals surface area contributed by atoms with Crippen LogP contribution in [-0.2, 0) is 15.1 Å². The van der Waals surface area contributed by atoms with Crippen molar-refractivity contribution in [2.24, 2.45) is 5.73 Å². The lowest BCUT2D eigenvalue weighted by Gasteiger charge is -2.30. The average Bonchev–Trinajstić information content (AvgIpc) is 2.36. The lowest BCUT2D eigenvalue weighted by atomic mass is 9.92. The molecule has 0 aliphatic rings. The second kappa shape index (κ2) is 7.61. The number of nitrogens with one attached hydrogen (secondary N) is 1. The molecule has 0 heterocycles. The van der Waals surface area contributed by atoms with E-state index >= 15 is 0 Å². The van der Waals surface area contributed by atoms with Crippen LogP contribution in [0.3, 0.4) is 0 Å². The van der Waals surface area contributed by atoms with Gasteiger partial charge in [0.25, 0.3) is 0 Å². The second-order valence-electron chi connectivity index (χ2n) is 6.53. The van der Waals surface area contributed by atoms with Crippen LogP contribution >= 0.6 is 12.4 Å². The van der Waals surface area contributed by atoms with Crippen molar-refractivity contribution >= 4 is 24.2 Å². The maximum atomic E-state index is 12.5. The van der Waals surface area contributed by atoms with Crippen LogP contribution in [0.2, 0.25) is 0 Å². The highest BCUT2D eigenvalue weighted by atomic mass is 35.5. The molecule has 1 aromatic rings. The van der Waals surface area contributed by atoms with Gasteiger partial charge in [0.1, 0.15) is 5.54 Å². The summed E-state index contributed by atoms with van der Waals surface area (Å²) >= 11 is 0. The number of amides is 2. The third kappa shape index (κ3) is 5.66. The minimum Gasteiger partial charge on any atom is -0.350 e. The Morgan fingerprint density at radius 3 is 2.09 bits per heavy atom. The summed E-state index contributed by atoms with van der Waals surface area (Å²) in [5.74, 6) is -0.500. The summed E-state index contributed by atoms with van der Waals surface area (Å²) in [6, 6.07) is 9.15. The van der Waals surface area contributed by atoms with Crippen LogP contribution in [0.25, 0.3) is 0 Å². The number of hydrogen-bond donors (Lipinski definition) is 2. The van der Waals surface area contributed by atoms with E-state index in [1.165, 1.54) is 4.90 Å². The van der Waals surface area contributed by atoms with Crippen molar-refractivity contribution in [1.29, 1.82) is 0 Å². The average molecular weight is 328 g/mol. The van der Waals surface area contributed by atoms with Crippen molar-refractivity contribution in [1.82, 2.24) is 10.2 Å². The molecule has 124 valence electrons. The lowest BCUT2D eigenvalue weighted by Crippen LogP contribution is -2.53. The highest BCUT2D eigenvalue weighted by Crippen LogP contribution is 2.19. The van der Waals surface area contributed by atoms with Crippen LogP contribution < -0.4 is 11.1 Å². The van der Waals surface area contributed by atoms with E-state index in [0.29, 0.717) is 0 Å². The Kier molecular flexibility index (Phi) is 7.06. The van der Waals surface area contributed by atoms with Crippen molar-refractivity contribution in [2.75, 3.05) is 13.6 Å². The molecule has 5 nitrogen and oxygen atoms in total. The van der Waals surface area contributed by atoms with Gasteiger partial charge in [-0.3, -0.25) is 9.59 Å². The molecule has 0 aliphatic heterocycles. The monoisotopic (exact) mass is 327 g/mol. The van der Waals surface area contributed by atoms with Gasteiger partial charge in [-0.1, -0.05) is 30.3 Å². The van der Waals surface area contributed by atoms with Crippen molar-refractivity contribution in [3.05, 3.63) is 35.9 Å². The van der Waals surface area contributed by atoms with Crippen LogP contribution in [0.5, 0.6) is 0 Å². The number of nitrogens with two attached hydrogens (primary N) is 1. The zero-order valence-electron chi connectivity index (χ0n) is 13.8. The number of carbonyl (C=O) groups is 2. The Balaban J connectivity index is 0.00000441. The highest BCUT2D eigenvalue weighted by molar-refractivity contribution is 5.90.